The molecule has 0 spiro atoms. The Bertz CT molecular complexity index is 382. The highest BCUT2D eigenvalue weighted by Crippen LogP contribution is 2.53. The van der Waals surface area contributed by atoms with Gasteiger partial charge in [0.05, 0.1) is 0 Å². The molecule has 0 saturated heterocycles. The van der Waals surface area contributed by atoms with E-state index in [4.69, 9.17) is 0 Å². The van der Waals surface area contributed by atoms with Crippen molar-refractivity contribution in [1.29, 1.82) is 0 Å². The minimum atomic E-state index is 0.349. The Kier molecular flexibility index (Phi) is 1.95. The first-order valence-corrected chi connectivity index (χ1v) is 5.86. The molecule has 0 radical (unpaired) electrons. The van der Waals surface area contributed by atoms with Crippen LogP contribution in [0.25, 0.3) is 0 Å². The van der Waals surface area contributed by atoms with Crippen LogP contribution in [-0.4, -0.2) is 5.78 Å². The van der Waals surface area contributed by atoms with Gasteiger partial charge in [0, 0.05) is 11.8 Å². The summed E-state index contributed by atoms with van der Waals surface area (Å²) in [5.74, 6) is 2.49. The maximum absolute atomic E-state index is 12.0. The van der Waals surface area contributed by atoms with Gasteiger partial charge >= 0.3 is 0 Å². The van der Waals surface area contributed by atoms with E-state index < -0.39 is 0 Å². The Morgan fingerprint density at radius 1 is 1.13 bits per heavy atom. The molecule has 4 atom stereocenters. The highest BCUT2D eigenvalue weighted by atomic mass is 16.1. The highest BCUT2D eigenvalue weighted by Gasteiger charge is 2.51. The quantitative estimate of drug-likeness (QED) is 0.733. The maximum Gasteiger partial charge on any atom is 0.139 e. The second-order valence-corrected chi connectivity index (χ2v) is 5.08. The van der Waals surface area contributed by atoms with Gasteiger partial charge in [0.15, 0.2) is 0 Å². The van der Waals surface area contributed by atoms with E-state index in [-0.39, 0.29) is 0 Å². The van der Waals surface area contributed by atoms with Crippen LogP contribution in [0, 0.1) is 17.8 Å². The lowest BCUT2D eigenvalue weighted by atomic mass is 10.1. The molecule has 2 fully saturated rings. The fourth-order valence-corrected chi connectivity index (χ4v) is 2.57. The molecule has 1 aromatic rings. The molecule has 1 aromatic carbocycles. The average Bonchev–Trinajstić information content (AvgIpc) is 3.13. The summed E-state index contributed by atoms with van der Waals surface area (Å²) in [5, 5.41) is 0. The van der Waals surface area contributed by atoms with Crippen LogP contribution in [0.3, 0.4) is 0 Å². The van der Waals surface area contributed by atoms with Crippen LogP contribution in [0.5, 0.6) is 0 Å². The number of benzene rings is 1. The van der Waals surface area contributed by atoms with E-state index in [1.165, 1.54) is 5.56 Å². The smallest absolute Gasteiger partial charge is 0.139 e. The average molecular weight is 200 g/mol. The number of hydrogen-bond donors (Lipinski definition) is 0. The molecule has 2 aliphatic carbocycles. The standard InChI is InChI=1S/C14H16O/c1-9-7-11(9)14(15)13-8-12(13)10-5-3-2-4-6-10/h2-6,9,11-13H,7-8H2,1H3. The molecule has 78 valence electrons. The second kappa shape index (κ2) is 3.19. The van der Waals surface area contributed by atoms with Crippen LogP contribution in [0.1, 0.15) is 31.2 Å². The van der Waals surface area contributed by atoms with Gasteiger partial charge in [-0.1, -0.05) is 37.3 Å². The van der Waals surface area contributed by atoms with Gasteiger partial charge in [0.1, 0.15) is 5.78 Å². The highest BCUT2D eigenvalue weighted by molar-refractivity contribution is 5.89. The lowest BCUT2D eigenvalue weighted by Gasteiger charge is -1.99. The van der Waals surface area contributed by atoms with Gasteiger partial charge in [-0.15, -0.1) is 0 Å². The molecule has 3 rings (SSSR count). The first kappa shape index (κ1) is 9.14. The zero-order valence-corrected chi connectivity index (χ0v) is 9.02. The Labute approximate surface area is 90.5 Å². The summed E-state index contributed by atoms with van der Waals surface area (Å²) in [6.07, 6.45) is 2.23. The van der Waals surface area contributed by atoms with Gasteiger partial charge in [0.25, 0.3) is 0 Å². The lowest BCUT2D eigenvalue weighted by Crippen LogP contribution is -2.05. The molecule has 2 aliphatic rings. The molecular weight excluding hydrogens is 184 g/mol. The third-order valence-corrected chi connectivity index (χ3v) is 3.86. The Hall–Kier alpha value is -1.11. The first-order chi connectivity index (χ1) is 7.27. The van der Waals surface area contributed by atoms with Crippen molar-refractivity contribution >= 4 is 5.78 Å². The third-order valence-electron chi connectivity index (χ3n) is 3.86. The van der Waals surface area contributed by atoms with E-state index in [1.54, 1.807) is 0 Å². The van der Waals surface area contributed by atoms with Crippen molar-refractivity contribution in [2.75, 3.05) is 0 Å². The third kappa shape index (κ3) is 1.60. The molecular formula is C14H16O. The first-order valence-electron chi connectivity index (χ1n) is 5.86. The van der Waals surface area contributed by atoms with Crippen LogP contribution >= 0.6 is 0 Å². The largest absolute Gasteiger partial charge is 0.299 e. The molecule has 0 heterocycles. The van der Waals surface area contributed by atoms with Crippen LogP contribution < -0.4 is 0 Å². The molecule has 15 heavy (non-hydrogen) atoms. The topological polar surface area (TPSA) is 17.1 Å². The molecule has 0 bridgehead atoms. The van der Waals surface area contributed by atoms with Crippen molar-refractivity contribution in [3.8, 4) is 0 Å². The van der Waals surface area contributed by atoms with Crippen LogP contribution in [0.4, 0.5) is 0 Å². The normalized spacial score (nSPS) is 37.4. The van der Waals surface area contributed by atoms with Gasteiger partial charge in [0.2, 0.25) is 0 Å². The monoisotopic (exact) mass is 200 g/mol. The SMILES string of the molecule is CC1CC1C(=O)C1CC1c1ccccc1. The molecule has 0 aromatic heterocycles. The van der Waals surface area contributed by atoms with Crippen LogP contribution in [-0.2, 0) is 4.79 Å². The van der Waals surface area contributed by atoms with Gasteiger partial charge in [-0.25, -0.2) is 0 Å². The molecule has 1 nitrogen and oxygen atoms in total. The fraction of sp³-hybridized carbons (Fsp3) is 0.500. The zero-order valence-electron chi connectivity index (χ0n) is 9.02. The van der Waals surface area contributed by atoms with Crippen molar-refractivity contribution in [2.24, 2.45) is 17.8 Å². The second-order valence-electron chi connectivity index (χ2n) is 5.08. The predicted molar refractivity (Wildman–Crippen MR) is 59.6 cm³/mol. The van der Waals surface area contributed by atoms with E-state index in [2.05, 4.69) is 31.2 Å². The fourth-order valence-electron chi connectivity index (χ4n) is 2.57. The summed E-state index contributed by atoms with van der Waals surface area (Å²) < 4.78 is 0. The zero-order chi connectivity index (χ0) is 10.4. The molecule has 4 unspecified atom stereocenters. The molecule has 1 heteroatoms. The molecule has 0 aliphatic heterocycles. The summed E-state index contributed by atoms with van der Waals surface area (Å²) in [4.78, 5) is 12.0. The number of ketones is 1. The maximum atomic E-state index is 12.0. The van der Waals surface area contributed by atoms with Gasteiger partial charge in [-0.2, -0.15) is 0 Å². The number of Topliss-reactive ketones (excluding diaryl/α,β-unsaturated/α-hetero) is 1. The molecule has 0 amide bonds. The summed E-state index contributed by atoms with van der Waals surface area (Å²) in [5.41, 5.74) is 1.35. The van der Waals surface area contributed by atoms with E-state index >= 15 is 0 Å². The predicted octanol–water partition coefficient (Wildman–Crippen LogP) is 3.02. The number of carbonyl (C=O) groups excluding carboxylic acids is 1. The van der Waals surface area contributed by atoms with E-state index in [0.29, 0.717) is 29.5 Å². The van der Waals surface area contributed by atoms with Gasteiger partial charge in [-0.3, -0.25) is 4.79 Å². The van der Waals surface area contributed by atoms with Gasteiger partial charge < -0.3 is 0 Å². The van der Waals surface area contributed by atoms with Crippen molar-refractivity contribution in [3.63, 3.8) is 0 Å². The van der Waals surface area contributed by atoms with Crippen molar-refractivity contribution in [3.05, 3.63) is 35.9 Å². The summed E-state index contributed by atoms with van der Waals surface area (Å²) in [6, 6.07) is 10.5. The number of rotatable bonds is 3. The van der Waals surface area contributed by atoms with Crippen molar-refractivity contribution in [1.82, 2.24) is 0 Å². The van der Waals surface area contributed by atoms with Crippen molar-refractivity contribution < 1.29 is 4.79 Å². The Balaban J connectivity index is 1.67. The van der Waals surface area contributed by atoms with Crippen LogP contribution in [0.15, 0.2) is 30.3 Å². The Morgan fingerprint density at radius 2 is 1.80 bits per heavy atom. The van der Waals surface area contributed by atoms with Gasteiger partial charge in [-0.05, 0) is 30.2 Å². The summed E-state index contributed by atoms with van der Waals surface area (Å²) in [7, 11) is 0. The van der Waals surface area contributed by atoms with Crippen molar-refractivity contribution in [2.45, 2.75) is 25.7 Å². The number of carbonyl (C=O) groups is 1. The minimum absolute atomic E-state index is 0.349. The summed E-state index contributed by atoms with van der Waals surface area (Å²) in [6.45, 7) is 2.18. The van der Waals surface area contributed by atoms with E-state index in [1.807, 2.05) is 6.07 Å². The lowest BCUT2D eigenvalue weighted by molar-refractivity contribution is -0.121. The summed E-state index contributed by atoms with van der Waals surface area (Å²) >= 11 is 0. The van der Waals surface area contributed by atoms with E-state index in [9.17, 15) is 4.79 Å². The molecule has 2 saturated carbocycles. The number of hydrogen-bond acceptors (Lipinski definition) is 1. The Morgan fingerprint density at radius 3 is 2.40 bits per heavy atom. The van der Waals surface area contributed by atoms with E-state index in [0.717, 1.165) is 12.8 Å². The van der Waals surface area contributed by atoms with Crippen LogP contribution in [0.2, 0.25) is 0 Å². The molecule has 0 N–H and O–H groups in total. The minimum Gasteiger partial charge on any atom is -0.299 e.